The Bertz CT molecular complexity index is 1500. The monoisotopic (exact) mass is 649 g/mol. The van der Waals surface area contributed by atoms with E-state index in [1.54, 1.807) is 6.92 Å². The Balaban J connectivity index is 1.68. The summed E-state index contributed by atoms with van der Waals surface area (Å²) in [6, 6.07) is -0.616. The van der Waals surface area contributed by atoms with Crippen LogP contribution in [0.2, 0.25) is 0 Å². The lowest BCUT2D eigenvalue weighted by atomic mass is 10.0. The predicted octanol–water partition coefficient (Wildman–Crippen LogP) is 9.01. The summed E-state index contributed by atoms with van der Waals surface area (Å²) in [7, 11) is 0. The van der Waals surface area contributed by atoms with Crippen molar-refractivity contribution in [2.24, 2.45) is 5.11 Å². The lowest BCUT2D eigenvalue weighted by molar-refractivity contribution is -0.148. The molecule has 1 aliphatic heterocycles. The van der Waals surface area contributed by atoms with Gasteiger partial charge in [-0.25, -0.2) is 4.79 Å². The average molecular weight is 650 g/mol. The van der Waals surface area contributed by atoms with Gasteiger partial charge in [0, 0.05) is 29.5 Å². The van der Waals surface area contributed by atoms with Crippen LogP contribution in [0, 0.1) is 6.92 Å². The number of aromatic amines is 1. The van der Waals surface area contributed by atoms with Crippen LogP contribution in [0.15, 0.2) is 79.1 Å². The molecule has 47 heavy (non-hydrogen) atoms. The summed E-state index contributed by atoms with van der Waals surface area (Å²) in [6.45, 7) is 14.4. The van der Waals surface area contributed by atoms with E-state index in [0.29, 0.717) is 12.0 Å². The summed E-state index contributed by atoms with van der Waals surface area (Å²) >= 11 is 0. The average Bonchev–Trinajstić information content (AvgIpc) is 3.41. The summed E-state index contributed by atoms with van der Waals surface area (Å²) in [5.41, 5.74) is 15.1. The number of carbonyl (C=O) groups excluding carboxylic acids is 1. The van der Waals surface area contributed by atoms with E-state index in [1.165, 1.54) is 33.1 Å². The third kappa shape index (κ3) is 15.5. The van der Waals surface area contributed by atoms with Gasteiger partial charge in [0.25, 0.3) is 5.56 Å². The van der Waals surface area contributed by atoms with Crippen LogP contribution in [0.4, 0.5) is 0 Å². The van der Waals surface area contributed by atoms with Gasteiger partial charge in [-0.1, -0.05) is 63.4 Å². The number of nitrogens with zero attached hydrogens (tertiary/aromatic N) is 4. The molecule has 2 heterocycles. The number of hydrogen-bond acceptors (Lipinski definition) is 6. The van der Waals surface area contributed by atoms with Gasteiger partial charge in [0.15, 0.2) is 0 Å². The largest absolute Gasteiger partial charge is 0.463 e. The van der Waals surface area contributed by atoms with Gasteiger partial charge in [-0.3, -0.25) is 19.1 Å². The zero-order valence-electron chi connectivity index (χ0n) is 29.5. The third-order valence-corrected chi connectivity index (χ3v) is 8.30. The molecule has 0 unspecified atom stereocenters. The van der Waals surface area contributed by atoms with Crippen LogP contribution in [0.25, 0.3) is 10.4 Å². The van der Waals surface area contributed by atoms with Gasteiger partial charge in [0.1, 0.15) is 18.9 Å². The van der Waals surface area contributed by atoms with Gasteiger partial charge in [-0.15, -0.1) is 0 Å². The molecule has 0 bridgehead atoms. The molecule has 0 radical (unpaired) electrons. The molecule has 1 saturated heterocycles. The highest BCUT2D eigenvalue weighted by Crippen LogP contribution is 2.30. The lowest BCUT2D eigenvalue weighted by Gasteiger charge is -2.17. The molecule has 2 rings (SSSR count). The number of allylic oxidation sites excluding steroid dienone is 10. The number of aromatic nitrogens is 2. The summed E-state index contributed by atoms with van der Waals surface area (Å²) < 4.78 is 12.6. The van der Waals surface area contributed by atoms with Crippen LogP contribution < -0.4 is 11.2 Å². The third-order valence-electron chi connectivity index (χ3n) is 8.30. The first-order valence-corrected chi connectivity index (χ1v) is 16.8. The Hall–Kier alpha value is -3.88. The highest BCUT2D eigenvalue weighted by Gasteiger charge is 2.37. The number of aryl methyl sites for hydroxylation is 1. The SMILES string of the molecule is CC(C)=CCCC(C)=CCCC(C)=CCCC=C(C)CCC=C(C)CCC(=O)OC[C@H]1O[C@@H](n2cc(C)c(=O)[nH]c2=O)C[C@@H]1N=[N+]=[N-]. The van der Waals surface area contributed by atoms with Crippen molar-refractivity contribution in [2.45, 2.75) is 137 Å². The lowest BCUT2D eigenvalue weighted by Crippen LogP contribution is -2.33. The molecule has 0 aliphatic carbocycles. The minimum atomic E-state index is -0.745. The summed E-state index contributed by atoms with van der Waals surface area (Å²) in [6.07, 6.45) is 21.1. The first-order chi connectivity index (χ1) is 22.4. The van der Waals surface area contributed by atoms with E-state index in [9.17, 15) is 14.4 Å². The normalized spacial score (nSPS) is 19.0. The number of unbranched alkanes of at least 4 members (excludes halogenated alkanes) is 1. The van der Waals surface area contributed by atoms with Crippen LogP contribution in [0.5, 0.6) is 0 Å². The fraction of sp³-hybridized carbons (Fsp3) is 0.595. The maximum absolute atomic E-state index is 12.5. The van der Waals surface area contributed by atoms with E-state index in [2.05, 4.69) is 80.0 Å². The molecule has 258 valence electrons. The van der Waals surface area contributed by atoms with E-state index < -0.39 is 29.6 Å². The number of esters is 1. The number of rotatable bonds is 19. The van der Waals surface area contributed by atoms with E-state index >= 15 is 0 Å². The molecule has 1 fully saturated rings. The molecular weight excluding hydrogens is 594 g/mol. The Morgan fingerprint density at radius 1 is 0.894 bits per heavy atom. The second kappa shape index (κ2) is 21.1. The Kier molecular flexibility index (Phi) is 17.6. The molecule has 0 saturated carbocycles. The molecular formula is C37H55N5O5. The van der Waals surface area contributed by atoms with E-state index in [-0.39, 0.29) is 25.4 Å². The van der Waals surface area contributed by atoms with E-state index in [4.69, 9.17) is 15.0 Å². The quantitative estimate of drug-likeness (QED) is 0.0398. The maximum Gasteiger partial charge on any atom is 0.330 e. The van der Waals surface area contributed by atoms with E-state index in [0.717, 1.165) is 56.9 Å². The van der Waals surface area contributed by atoms with Crippen molar-refractivity contribution in [2.75, 3.05) is 6.61 Å². The van der Waals surface area contributed by atoms with Gasteiger partial charge in [0.2, 0.25) is 0 Å². The number of ether oxygens (including phenoxy) is 2. The summed E-state index contributed by atoms with van der Waals surface area (Å²) in [4.78, 5) is 41.5. The standard InChI is InChI=1S/C37H55N5O5/c1-26(2)13-10-16-29(5)19-11-17-27(3)14-8-9-15-28(4)18-12-20-30(6)21-22-35(43)46-25-33-32(40-41-38)23-34(47-33)42-24-31(7)36(44)39-37(42)45/h13-15,19-20,24,32-34H,8-12,16-18,21-23,25H2,1-7H3,(H,39,44,45)/t32-,33+,34+/m0/s1. The Labute approximate surface area is 280 Å². The minimum Gasteiger partial charge on any atom is -0.463 e. The van der Waals surface area contributed by atoms with Crippen LogP contribution in [0.3, 0.4) is 0 Å². The van der Waals surface area contributed by atoms with Crippen molar-refractivity contribution in [1.82, 2.24) is 9.55 Å². The highest BCUT2D eigenvalue weighted by atomic mass is 16.6. The molecule has 0 aromatic carbocycles. The molecule has 0 spiro atoms. The molecule has 3 atom stereocenters. The molecule has 1 aromatic rings. The van der Waals surface area contributed by atoms with Crippen LogP contribution in [-0.2, 0) is 14.3 Å². The fourth-order valence-electron chi connectivity index (χ4n) is 5.32. The van der Waals surface area contributed by atoms with Crippen LogP contribution >= 0.6 is 0 Å². The van der Waals surface area contributed by atoms with Gasteiger partial charge >= 0.3 is 11.7 Å². The topological polar surface area (TPSA) is 139 Å². The minimum absolute atomic E-state index is 0.0921. The van der Waals surface area contributed by atoms with Crippen molar-refractivity contribution >= 4 is 5.97 Å². The number of H-pyrrole nitrogens is 1. The zero-order chi connectivity index (χ0) is 34.8. The predicted molar refractivity (Wildman–Crippen MR) is 189 cm³/mol. The van der Waals surface area contributed by atoms with Crippen molar-refractivity contribution in [3.8, 4) is 0 Å². The van der Waals surface area contributed by atoms with Gasteiger partial charge in [0.05, 0.1) is 6.04 Å². The second-order valence-electron chi connectivity index (χ2n) is 13.0. The van der Waals surface area contributed by atoms with Crippen molar-refractivity contribution in [3.05, 3.63) is 101 Å². The first-order valence-electron chi connectivity index (χ1n) is 16.8. The van der Waals surface area contributed by atoms with Crippen molar-refractivity contribution in [3.63, 3.8) is 0 Å². The highest BCUT2D eigenvalue weighted by molar-refractivity contribution is 5.69. The first kappa shape index (κ1) is 39.3. The molecule has 1 N–H and O–H groups in total. The maximum atomic E-state index is 12.5. The Morgan fingerprint density at radius 3 is 1.98 bits per heavy atom. The number of azide groups is 1. The molecule has 0 amide bonds. The number of carbonyl (C=O) groups is 1. The molecule has 10 nitrogen and oxygen atoms in total. The fourth-order valence-corrected chi connectivity index (χ4v) is 5.32. The van der Waals surface area contributed by atoms with E-state index in [1.807, 2.05) is 6.92 Å². The molecule has 10 heteroatoms. The van der Waals surface area contributed by atoms with Gasteiger partial charge in [-0.05, 0) is 112 Å². The Morgan fingerprint density at radius 2 is 1.43 bits per heavy atom. The van der Waals surface area contributed by atoms with Crippen molar-refractivity contribution in [1.29, 1.82) is 0 Å². The van der Waals surface area contributed by atoms with Crippen LogP contribution in [0.1, 0.15) is 124 Å². The number of nitrogens with one attached hydrogen (secondary N) is 1. The summed E-state index contributed by atoms with van der Waals surface area (Å²) in [5.74, 6) is -0.369. The van der Waals surface area contributed by atoms with Crippen LogP contribution in [-0.4, -0.2) is 34.3 Å². The molecule has 1 aliphatic rings. The summed E-state index contributed by atoms with van der Waals surface area (Å²) in [5, 5.41) is 3.77. The molecule has 1 aromatic heterocycles. The van der Waals surface area contributed by atoms with Gasteiger partial charge < -0.3 is 9.47 Å². The van der Waals surface area contributed by atoms with Gasteiger partial charge in [-0.2, -0.15) is 0 Å². The van der Waals surface area contributed by atoms with Crippen molar-refractivity contribution < 1.29 is 14.3 Å². The number of hydrogen-bond donors (Lipinski definition) is 1. The zero-order valence-corrected chi connectivity index (χ0v) is 29.5. The smallest absolute Gasteiger partial charge is 0.330 e. The second-order valence-corrected chi connectivity index (χ2v) is 13.0.